The number of ether oxygens (including phenoxy) is 3. The van der Waals surface area contributed by atoms with Crippen molar-refractivity contribution in [3.05, 3.63) is 60.2 Å². The van der Waals surface area contributed by atoms with Crippen LogP contribution in [-0.4, -0.2) is 37.2 Å². The van der Waals surface area contributed by atoms with Gasteiger partial charge >= 0.3 is 5.97 Å². The Balaban J connectivity index is 1.42. The predicted octanol–water partition coefficient (Wildman–Crippen LogP) is 2.12. The summed E-state index contributed by atoms with van der Waals surface area (Å²) < 4.78 is 15.5. The minimum absolute atomic E-state index is 0.132. The van der Waals surface area contributed by atoms with Crippen LogP contribution in [0.5, 0.6) is 11.5 Å². The van der Waals surface area contributed by atoms with E-state index in [2.05, 4.69) is 10.6 Å². The second kappa shape index (κ2) is 9.41. The van der Waals surface area contributed by atoms with Crippen molar-refractivity contribution in [1.82, 2.24) is 5.32 Å². The van der Waals surface area contributed by atoms with Crippen molar-refractivity contribution in [3.63, 3.8) is 0 Å². The average Bonchev–Trinajstić information content (AvgIpc) is 3.19. The van der Waals surface area contributed by atoms with Crippen LogP contribution in [0.25, 0.3) is 6.08 Å². The molecular weight excluding hydrogens is 376 g/mol. The maximum atomic E-state index is 12.2. The third-order valence-electron chi connectivity index (χ3n) is 3.95. The number of rotatable bonds is 7. The second-order valence-corrected chi connectivity index (χ2v) is 6.15. The van der Waals surface area contributed by atoms with Crippen LogP contribution >= 0.6 is 0 Å². The molecule has 2 amide bonds. The molecule has 0 bridgehead atoms. The van der Waals surface area contributed by atoms with E-state index in [1.807, 2.05) is 30.3 Å². The first-order chi connectivity index (χ1) is 14.0. The summed E-state index contributed by atoms with van der Waals surface area (Å²) in [6, 6.07) is 14.2. The number of fused-ring (bicyclic) bond motifs is 1. The minimum atomic E-state index is -1.04. The van der Waals surface area contributed by atoms with E-state index < -0.39 is 23.9 Å². The average molecular weight is 396 g/mol. The number of benzene rings is 2. The molecular formula is C21H20N2O6. The molecule has 1 atom stereocenters. The lowest BCUT2D eigenvalue weighted by Gasteiger charge is -2.14. The van der Waals surface area contributed by atoms with Gasteiger partial charge in [-0.15, -0.1) is 0 Å². The first-order valence-electron chi connectivity index (χ1n) is 8.92. The van der Waals surface area contributed by atoms with Gasteiger partial charge in [0, 0.05) is 17.8 Å². The quantitative estimate of drug-likeness (QED) is 0.549. The number of carbonyl (C=O) groups excluding carboxylic acids is 3. The normalized spacial score (nSPS) is 13.0. The molecule has 1 heterocycles. The zero-order valence-corrected chi connectivity index (χ0v) is 15.7. The van der Waals surface area contributed by atoms with E-state index in [1.165, 1.54) is 13.0 Å². The Morgan fingerprint density at radius 3 is 2.66 bits per heavy atom. The molecule has 2 aromatic rings. The smallest absolute Gasteiger partial charge is 0.326 e. The Morgan fingerprint density at radius 2 is 1.86 bits per heavy atom. The SMILES string of the molecule is C[C@H](OC(=O)CNC(=O)/C=C/c1ccccc1)C(=O)Nc1ccc2c(c1)OCO2. The zero-order valence-electron chi connectivity index (χ0n) is 15.7. The Kier molecular flexibility index (Phi) is 6.47. The monoisotopic (exact) mass is 396 g/mol. The molecule has 0 spiro atoms. The molecule has 0 saturated carbocycles. The summed E-state index contributed by atoms with van der Waals surface area (Å²) in [5.41, 5.74) is 1.35. The fourth-order valence-corrected chi connectivity index (χ4v) is 2.46. The molecule has 0 fully saturated rings. The molecule has 0 radical (unpaired) electrons. The number of carbonyl (C=O) groups is 3. The van der Waals surface area contributed by atoms with Crippen LogP contribution in [0.2, 0.25) is 0 Å². The zero-order chi connectivity index (χ0) is 20.6. The van der Waals surface area contributed by atoms with Gasteiger partial charge < -0.3 is 24.8 Å². The highest BCUT2D eigenvalue weighted by atomic mass is 16.7. The van der Waals surface area contributed by atoms with Gasteiger partial charge in [-0.25, -0.2) is 0 Å². The van der Waals surface area contributed by atoms with Gasteiger partial charge in [0.25, 0.3) is 5.91 Å². The first kappa shape index (κ1) is 19.9. The number of anilines is 1. The van der Waals surface area contributed by atoms with Gasteiger partial charge in [0.1, 0.15) is 6.54 Å². The van der Waals surface area contributed by atoms with Crippen LogP contribution in [-0.2, 0) is 19.1 Å². The summed E-state index contributed by atoms with van der Waals surface area (Å²) in [5, 5.41) is 5.04. The molecule has 0 aromatic heterocycles. The van der Waals surface area contributed by atoms with Crippen LogP contribution in [0, 0.1) is 0 Å². The number of hydrogen-bond donors (Lipinski definition) is 2. The second-order valence-electron chi connectivity index (χ2n) is 6.15. The van der Waals surface area contributed by atoms with Crippen LogP contribution in [0.1, 0.15) is 12.5 Å². The summed E-state index contributed by atoms with van der Waals surface area (Å²) in [4.78, 5) is 35.8. The molecule has 2 N–H and O–H groups in total. The number of esters is 1. The molecule has 150 valence electrons. The van der Waals surface area contributed by atoms with E-state index in [0.29, 0.717) is 17.2 Å². The van der Waals surface area contributed by atoms with Gasteiger partial charge in [-0.05, 0) is 30.7 Å². The molecule has 0 unspecified atom stereocenters. The first-order valence-corrected chi connectivity index (χ1v) is 8.92. The largest absolute Gasteiger partial charge is 0.454 e. The number of nitrogens with one attached hydrogen (secondary N) is 2. The van der Waals surface area contributed by atoms with Crippen LogP contribution < -0.4 is 20.1 Å². The van der Waals surface area contributed by atoms with Crippen LogP contribution in [0.15, 0.2) is 54.6 Å². The standard InChI is InChI=1S/C21H20N2O6/c1-14(21(26)23-16-8-9-17-18(11-16)28-13-27-17)29-20(25)12-22-19(24)10-7-15-5-3-2-4-6-15/h2-11,14H,12-13H2,1H3,(H,22,24)(H,23,26)/b10-7+/t14-/m0/s1. The third kappa shape index (κ3) is 5.83. The molecule has 29 heavy (non-hydrogen) atoms. The van der Waals surface area contributed by atoms with Crippen molar-refractivity contribution in [3.8, 4) is 11.5 Å². The summed E-state index contributed by atoms with van der Waals surface area (Å²) in [7, 11) is 0. The van der Waals surface area contributed by atoms with Gasteiger partial charge in [0.05, 0.1) is 0 Å². The highest BCUT2D eigenvalue weighted by molar-refractivity contribution is 5.96. The van der Waals surface area contributed by atoms with Crippen molar-refractivity contribution in [2.45, 2.75) is 13.0 Å². The summed E-state index contributed by atoms with van der Waals surface area (Å²) in [5.74, 6) is -0.547. The summed E-state index contributed by atoms with van der Waals surface area (Å²) in [6.45, 7) is 1.23. The van der Waals surface area contributed by atoms with Crippen molar-refractivity contribution in [2.75, 3.05) is 18.7 Å². The minimum Gasteiger partial charge on any atom is -0.454 e. The van der Waals surface area contributed by atoms with Crippen molar-refractivity contribution < 1.29 is 28.6 Å². The maximum Gasteiger partial charge on any atom is 0.326 e. The summed E-state index contributed by atoms with van der Waals surface area (Å²) >= 11 is 0. The van der Waals surface area contributed by atoms with E-state index in [0.717, 1.165) is 5.56 Å². The Morgan fingerprint density at radius 1 is 1.10 bits per heavy atom. The van der Waals surface area contributed by atoms with E-state index in [4.69, 9.17) is 14.2 Å². The van der Waals surface area contributed by atoms with E-state index >= 15 is 0 Å². The van der Waals surface area contributed by atoms with Crippen LogP contribution in [0.3, 0.4) is 0 Å². The lowest BCUT2D eigenvalue weighted by atomic mass is 10.2. The number of hydrogen-bond acceptors (Lipinski definition) is 6. The van der Waals surface area contributed by atoms with Gasteiger partial charge in [0.2, 0.25) is 12.7 Å². The van der Waals surface area contributed by atoms with E-state index in [-0.39, 0.29) is 13.3 Å². The molecule has 8 nitrogen and oxygen atoms in total. The molecule has 1 aliphatic rings. The van der Waals surface area contributed by atoms with E-state index in [9.17, 15) is 14.4 Å². The molecule has 8 heteroatoms. The maximum absolute atomic E-state index is 12.2. The van der Waals surface area contributed by atoms with Gasteiger partial charge in [0.15, 0.2) is 17.6 Å². The fraction of sp³-hybridized carbons (Fsp3) is 0.190. The number of amides is 2. The third-order valence-corrected chi connectivity index (χ3v) is 3.95. The predicted molar refractivity (Wildman–Crippen MR) is 105 cm³/mol. The van der Waals surface area contributed by atoms with Crippen molar-refractivity contribution in [2.24, 2.45) is 0 Å². The Bertz CT molecular complexity index is 926. The van der Waals surface area contributed by atoms with Crippen LogP contribution in [0.4, 0.5) is 5.69 Å². The molecule has 0 aliphatic carbocycles. The van der Waals surface area contributed by atoms with Gasteiger partial charge in [-0.1, -0.05) is 30.3 Å². The highest BCUT2D eigenvalue weighted by Gasteiger charge is 2.20. The van der Waals surface area contributed by atoms with E-state index in [1.54, 1.807) is 24.3 Å². The Labute approximate surface area is 167 Å². The molecule has 1 aliphatic heterocycles. The molecule has 3 rings (SSSR count). The highest BCUT2D eigenvalue weighted by Crippen LogP contribution is 2.34. The molecule has 0 saturated heterocycles. The Hall–Kier alpha value is -3.81. The van der Waals surface area contributed by atoms with Gasteiger partial charge in [-0.3, -0.25) is 14.4 Å². The molecule has 2 aromatic carbocycles. The topological polar surface area (TPSA) is 103 Å². The fourth-order valence-electron chi connectivity index (χ4n) is 2.46. The lowest BCUT2D eigenvalue weighted by molar-refractivity contribution is -0.152. The van der Waals surface area contributed by atoms with Crippen molar-refractivity contribution in [1.29, 1.82) is 0 Å². The summed E-state index contributed by atoms with van der Waals surface area (Å²) in [6.07, 6.45) is 1.91. The van der Waals surface area contributed by atoms with Crippen molar-refractivity contribution >= 4 is 29.5 Å². The lowest BCUT2D eigenvalue weighted by Crippen LogP contribution is -2.35. The van der Waals surface area contributed by atoms with Gasteiger partial charge in [-0.2, -0.15) is 0 Å².